The molecule has 1 nitrogen and oxygen atoms in total. The Labute approximate surface area is 118 Å². The lowest BCUT2D eigenvalue weighted by molar-refractivity contribution is 0.120. The van der Waals surface area contributed by atoms with E-state index in [0.29, 0.717) is 6.04 Å². The van der Waals surface area contributed by atoms with Crippen molar-refractivity contribution >= 4 is 0 Å². The molecule has 0 spiro atoms. The molecule has 1 aliphatic carbocycles. The molecule has 104 valence electrons. The minimum Gasteiger partial charge on any atom is -0.291 e. The van der Waals surface area contributed by atoms with Crippen molar-refractivity contribution in [2.45, 2.75) is 70.4 Å². The van der Waals surface area contributed by atoms with E-state index in [0.717, 1.165) is 5.92 Å². The van der Waals surface area contributed by atoms with Gasteiger partial charge in [-0.1, -0.05) is 30.7 Å². The van der Waals surface area contributed by atoms with E-state index in [4.69, 9.17) is 0 Å². The Bertz CT molecular complexity index is 439. The van der Waals surface area contributed by atoms with Gasteiger partial charge in [-0.15, -0.1) is 0 Å². The van der Waals surface area contributed by atoms with Crippen LogP contribution in [0.4, 0.5) is 0 Å². The van der Waals surface area contributed by atoms with E-state index in [1.165, 1.54) is 38.6 Å². The van der Waals surface area contributed by atoms with Crippen molar-refractivity contribution in [3.8, 4) is 0 Å². The Morgan fingerprint density at radius 3 is 2.21 bits per heavy atom. The van der Waals surface area contributed by atoms with Crippen LogP contribution in [0.3, 0.4) is 0 Å². The molecule has 1 unspecified atom stereocenters. The van der Waals surface area contributed by atoms with Gasteiger partial charge in [0, 0.05) is 11.6 Å². The van der Waals surface area contributed by atoms with Gasteiger partial charge in [-0.3, -0.25) is 4.90 Å². The van der Waals surface area contributed by atoms with Crippen LogP contribution in [0.25, 0.3) is 0 Å². The van der Waals surface area contributed by atoms with Gasteiger partial charge in [0.1, 0.15) is 0 Å². The minimum atomic E-state index is 0.286. The molecule has 0 radical (unpaired) electrons. The Hall–Kier alpha value is -0.820. The third kappa shape index (κ3) is 2.45. The molecule has 1 aromatic rings. The first-order chi connectivity index (χ1) is 9.07. The first kappa shape index (κ1) is 13.2. The topological polar surface area (TPSA) is 3.24 Å². The molecule has 2 aliphatic rings. The van der Waals surface area contributed by atoms with E-state index in [2.05, 4.69) is 49.9 Å². The van der Waals surface area contributed by atoms with Crippen LogP contribution in [0.15, 0.2) is 24.3 Å². The van der Waals surface area contributed by atoms with Crippen LogP contribution in [0, 0.1) is 0 Å². The summed E-state index contributed by atoms with van der Waals surface area (Å²) in [5.74, 6) is 0.846. The maximum atomic E-state index is 2.71. The molecule has 1 saturated carbocycles. The minimum absolute atomic E-state index is 0.286. The normalized spacial score (nSPS) is 25.5. The van der Waals surface area contributed by atoms with Crippen LogP contribution < -0.4 is 0 Å². The van der Waals surface area contributed by atoms with Crippen molar-refractivity contribution < 1.29 is 0 Å². The van der Waals surface area contributed by atoms with E-state index in [1.54, 1.807) is 11.1 Å². The Morgan fingerprint density at radius 2 is 1.63 bits per heavy atom. The average Bonchev–Trinajstić information content (AvgIpc) is 2.76. The fraction of sp³-hybridized carbons (Fsp3) is 0.667. The molecule has 2 fully saturated rings. The third-order valence-electron chi connectivity index (χ3n) is 5.01. The molecule has 1 heterocycles. The fourth-order valence-electron chi connectivity index (χ4n) is 3.80. The number of hydrogen-bond acceptors (Lipinski definition) is 1. The van der Waals surface area contributed by atoms with Crippen molar-refractivity contribution in [1.82, 2.24) is 4.90 Å². The molecule has 1 saturated heterocycles. The van der Waals surface area contributed by atoms with Gasteiger partial charge in [0.2, 0.25) is 0 Å². The van der Waals surface area contributed by atoms with Gasteiger partial charge in [-0.05, 0) is 70.0 Å². The van der Waals surface area contributed by atoms with Crippen molar-refractivity contribution in [3.63, 3.8) is 0 Å². The second-order valence-corrected chi connectivity index (χ2v) is 7.28. The lowest BCUT2D eigenvalue weighted by Crippen LogP contribution is -2.41. The molecule has 1 aliphatic heterocycles. The van der Waals surface area contributed by atoms with Gasteiger partial charge in [0.25, 0.3) is 0 Å². The molecule has 0 N–H and O–H groups in total. The summed E-state index contributed by atoms with van der Waals surface area (Å²) in [5.41, 5.74) is 3.56. The number of likely N-dealkylation sites (tertiary alicyclic amines) is 1. The number of benzene rings is 1. The van der Waals surface area contributed by atoms with Crippen LogP contribution in [0.5, 0.6) is 0 Å². The van der Waals surface area contributed by atoms with Crippen LogP contribution in [-0.4, -0.2) is 17.0 Å². The second kappa shape index (κ2) is 4.94. The van der Waals surface area contributed by atoms with Crippen LogP contribution >= 0.6 is 0 Å². The summed E-state index contributed by atoms with van der Waals surface area (Å²) >= 11 is 0. The first-order valence-electron chi connectivity index (χ1n) is 7.93. The lowest BCUT2D eigenvalue weighted by atomic mass is 9.77. The van der Waals surface area contributed by atoms with E-state index in [1.807, 2.05) is 0 Å². The molecular weight excluding hydrogens is 230 g/mol. The summed E-state index contributed by atoms with van der Waals surface area (Å²) in [6, 6.07) is 9.89. The van der Waals surface area contributed by atoms with E-state index >= 15 is 0 Å². The van der Waals surface area contributed by atoms with E-state index in [-0.39, 0.29) is 5.54 Å². The van der Waals surface area contributed by atoms with Crippen LogP contribution in [0.1, 0.15) is 76.0 Å². The van der Waals surface area contributed by atoms with Gasteiger partial charge in [0.05, 0.1) is 0 Å². The highest BCUT2D eigenvalue weighted by molar-refractivity contribution is 5.35. The standard InChI is InChI=1S/C18H27N/c1-18(2,3)19-13-7-12-17(19)16-11-5-4-10-15(16)14-8-6-9-14/h4-5,10-11,14,17H,6-9,12-13H2,1-3H3. The fourth-order valence-corrected chi connectivity index (χ4v) is 3.80. The van der Waals surface area contributed by atoms with Gasteiger partial charge in [-0.2, -0.15) is 0 Å². The third-order valence-corrected chi connectivity index (χ3v) is 5.01. The smallest absolute Gasteiger partial charge is 0.0356 e. The first-order valence-corrected chi connectivity index (χ1v) is 7.93. The molecule has 1 atom stereocenters. The monoisotopic (exact) mass is 257 g/mol. The summed E-state index contributed by atoms with van der Waals surface area (Å²) in [6.45, 7) is 8.33. The highest BCUT2D eigenvalue weighted by Gasteiger charge is 2.35. The maximum Gasteiger partial charge on any atom is 0.0356 e. The molecular formula is C18H27N. The van der Waals surface area contributed by atoms with Gasteiger partial charge in [-0.25, -0.2) is 0 Å². The van der Waals surface area contributed by atoms with Crippen molar-refractivity contribution in [2.75, 3.05) is 6.54 Å². The Kier molecular flexibility index (Phi) is 3.42. The predicted octanol–water partition coefficient (Wildman–Crippen LogP) is 4.89. The summed E-state index contributed by atoms with van der Waals surface area (Å²) in [7, 11) is 0. The number of hydrogen-bond donors (Lipinski definition) is 0. The SMILES string of the molecule is CC(C)(C)N1CCCC1c1ccccc1C1CCC1. The highest BCUT2D eigenvalue weighted by atomic mass is 15.2. The van der Waals surface area contributed by atoms with E-state index in [9.17, 15) is 0 Å². The summed E-state index contributed by atoms with van der Waals surface area (Å²) in [4.78, 5) is 2.71. The molecule has 1 heteroatoms. The van der Waals surface area contributed by atoms with Gasteiger partial charge in [0.15, 0.2) is 0 Å². The molecule has 3 rings (SSSR count). The molecule has 0 aromatic heterocycles. The van der Waals surface area contributed by atoms with Gasteiger partial charge >= 0.3 is 0 Å². The Balaban J connectivity index is 1.92. The van der Waals surface area contributed by atoms with Crippen molar-refractivity contribution in [2.24, 2.45) is 0 Å². The van der Waals surface area contributed by atoms with Crippen molar-refractivity contribution in [1.29, 1.82) is 0 Å². The summed E-state index contributed by atoms with van der Waals surface area (Å²) < 4.78 is 0. The zero-order valence-electron chi connectivity index (χ0n) is 12.7. The predicted molar refractivity (Wildman–Crippen MR) is 81.5 cm³/mol. The van der Waals surface area contributed by atoms with Crippen LogP contribution in [0.2, 0.25) is 0 Å². The largest absolute Gasteiger partial charge is 0.291 e. The molecule has 19 heavy (non-hydrogen) atoms. The van der Waals surface area contributed by atoms with Crippen LogP contribution in [-0.2, 0) is 0 Å². The van der Waals surface area contributed by atoms with E-state index < -0.39 is 0 Å². The highest BCUT2D eigenvalue weighted by Crippen LogP contribution is 2.44. The summed E-state index contributed by atoms with van der Waals surface area (Å²) in [5, 5.41) is 0. The lowest BCUT2D eigenvalue weighted by Gasteiger charge is -2.39. The zero-order valence-corrected chi connectivity index (χ0v) is 12.7. The molecule has 0 amide bonds. The molecule has 0 bridgehead atoms. The second-order valence-electron chi connectivity index (χ2n) is 7.28. The Morgan fingerprint density at radius 1 is 0.947 bits per heavy atom. The van der Waals surface area contributed by atoms with Gasteiger partial charge < -0.3 is 0 Å². The quantitative estimate of drug-likeness (QED) is 0.729. The number of nitrogens with zero attached hydrogens (tertiary/aromatic N) is 1. The van der Waals surface area contributed by atoms with Crippen molar-refractivity contribution in [3.05, 3.63) is 35.4 Å². The number of rotatable bonds is 2. The summed E-state index contributed by atoms with van der Waals surface area (Å²) in [6.07, 6.45) is 6.91. The molecule has 1 aromatic carbocycles. The maximum absolute atomic E-state index is 2.71. The zero-order chi connectivity index (χ0) is 13.5. The average molecular weight is 257 g/mol.